The van der Waals surface area contributed by atoms with Gasteiger partial charge in [0.1, 0.15) is 0 Å². The molecular formula is C34H40BHgI3O14. The number of rotatable bonds is 9. The molecule has 0 unspecified atom stereocenters. The molecule has 0 atom stereocenters. The van der Waals surface area contributed by atoms with Crippen LogP contribution in [0.25, 0.3) is 0 Å². The molecule has 0 heterocycles. The Balaban J connectivity index is 0.000000647. The Labute approximate surface area is 363 Å². The Hall–Kier alpha value is -2.67. The number of phenolic OH excluding ortho intramolecular Hbond substituents is 2. The molecule has 286 valence electrons. The van der Waals surface area contributed by atoms with Crippen molar-refractivity contribution in [2.75, 3.05) is 42.7 Å². The van der Waals surface area contributed by atoms with Gasteiger partial charge in [-0.1, -0.05) is 24.3 Å². The molecule has 0 aliphatic carbocycles. The first-order chi connectivity index (χ1) is 25.1. The van der Waals surface area contributed by atoms with Gasteiger partial charge in [-0.25, -0.2) is 0 Å². The van der Waals surface area contributed by atoms with E-state index in [0.29, 0.717) is 17.0 Å². The third-order valence-corrected chi connectivity index (χ3v) is 13.7. The van der Waals surface area contributed by atoms with Crippen molar-refractivity contribution >= 4 is 92.3 Å². The van der Waals surface area contributed by atoms with Gasteiger partial charge in [0, 0.05) is 10.7 Å². The smallest absolute Gasteiger partial charge is 0.489 e. The zero-order valence-electron chi connectivity index (χ0n) is 30.2. The minimum atomic E-state index is -2.04. The third-order valence-electron chi connectivity index (χ3n) is 5.90. The maximum atomic E-state index is 10.1. The van der Waals surface area contributed by atoms with Crippen LogP contribution >= 0.6 is 67.8 Å². The third kappa shape index (κ3) is 20.6. The van der Waals surface area contributed by atoms with Gasteiger partial charge >= 0.3 is 73.3 Å². The first-order valence-corrected chi connectivity index (χ1v) is 22.6. The molecule has 0 aromatic heterocycles. The van der Waals surface area contributed by atoms with E-state index in [1.807, 2.05) is 59.0 Å². The van der Waals surface area contributed by atoms with Crippen LogP contribution in [0, 0.1) is 10.7 Å². The SMILES string of the molecule is CC(=O)[O][Hg][O]C(C)=O.COc1cc(I)c(B(O)O)cc1OC.COc1cc(I)c(I)cc1OC.COc1ccccc1OC.Oc1ccccc1O. The number of halogens is 3. The van der Waals surface area contributed by atoms with E-state index in [4.69, 9.17) is 48.7 Å². The molecular weight excluding hydrogens is 1220 g/mol. The van der Waals surface area contributed by atoms with E-state index in [-0.39, 0.29) is 23.4 Å². The Morgan fingerprint density at radius 1 is 0.528 bits per heavy atom. The summed E-state index contributed by atoms with van der Waals surface area (Å²) in [6.45, 7) is 2.59. The topological polar surface area (TPSA) is 189 Å². The fraction of sp³-hybridized carbons (Fsp3) is 0.235. The maximum absolute atomic E-state index is 10.1. The van der Waals surface area contributed by atoms with Crippen molar-refractivity contribution in [2.24, 2.45) is 0 Å². The Bertz CT molecular complexity index is 1610. The number of aromatic hydroxyl groups is 2. The van der Waals surface area contributed by atoms with Gasteiger partial charge in [0.2, 0.25) is 0 Å². The fourth-order valence-electron chi connectivity index (χ4n) is 3.34. The molecule has 19 heteroatoms. The molecule has 0 aliphatic rings. The largest absolute Gasteiger partial charge is 0.504 e. The first-order valence-electron chi connectivity index (χ1n) is 14.9. The molecule has 0 saturated carbocycles. The van der Waals surface area contributed by atoms with Crippen LogP contribution in [-0.2, 0) is 40.4 Å². The van der Waals surface area contributed by atoms with E-state index in [2.05, 4.69) is 50.5 Å². The van der Waals surface area contributed by atoms with E-state index in [9.17, 15) is 9.59 Å². The van der Waals surface area contributed by atoms with Crippen LogP contribution in [0.2, 0.25) is 0 Å². The van der Waals surface area contributed by atoms with Crippen molar-refractivity contribution < 1.29 is 89.0 Å². The number of benzene rings is 4. The van der Waals surface area contributed by atoms with Gasteiger partial charge in [0.25, 0.3) is 0 Å². The second-order valence-corrected chi connectivity index (χ2v) is 16.1. The second-order valence-electron chi connectivity index (χ2n) is 9.46. The van der Waals surface area contributed by atoms with Crippen molar-refractivity contribution in [3.8, 4) is 46.0 Å². The number of carbonyl (C=O) groups is 2. The maximum Gasteiger partial charge on any atom is 0.489 e. The van der Waals surface area contributed by atoms with E-state index in [1.54, 1.807) is 52.7 Å². The first kappa shape index (κ1) is 50.3. The monoisotopic (exact) mass is 1270 g/mol. The van der Waals surface area contributed by atoms with Crippen LogP contribution in [0.1, 0.15) is 13.8 Å². The molecule has 53 heavy (non-hydrogen) atoms. The van der Waals surface area contributed by atoms with Crippen molar-refractivity contribution in [1.29, 1.82) is 0 Å². The van der Waals surface area contributed by atoms with Crippen molar-refractivity contribution in [3.05, 3.63) is 83.5 Å². The summed E-state index contributed by atoms with van der Waals surface area (Å²) in [5.74, 6) is 3.27. The predicted octanol–water partition coefficient (Wildman–Crippen LogP) is 5.73. The van der Waals surface area contributed by atoms with Crippen LogP contribution in [0.3, 0.4) is 0 Å². The summed E-state index contributed by atoms with van der Waals surface area (Å²) in [7, 11) is 8.06. The van der Waals surface area contributed by atoms with Crippen molar-refractivity contribution in [2.45, 2.75) is 13.8 Å². The average Bonchev–Trinajstić information content (AvgIpc) is 3.14. The molecule has 0 saturated heterocycles. The minimum Gasteiger partial charge on any atom is -0.504 e. The Morgan fingerprint density at radius 3 is 1.11 bits per heavy atom. The van der Waals surface area contributed by atoms with Crippen LogP contribution in [-0.4, -0.2) is 82.0 Å². The van der Waals surface area contributed by atoms with Crippen molar-refractivity contribution in [3.63, 3.8) is 0 Å². The normalized spacial score (nSPS) is 9.08. The zero-order chi connectivity index (χ0) is 40.5. The summed E-state index contributed by atoms with van der Waals surface area (Å²) < 4.78 is 42.4. The number of phenols is 2. The number of carbonyl (C=O) groups excluding carboxylic acids is 2. The average molecular weight is 1260 g/mol. The van der Waals surface area contributed by atoms with E-state index >= 15 is 0 Å². The van der Waals surface area contributed by atoms with Gasteiger partial charge in [0.05, 0.1) is 42.7 Å². The number of para-hydroxylation sites is 4. The van der Waals surface area contributed by atoms with Crippen LogP contribution in [0.4, 0.5) is 0 Å². The van der Waals surface area contributed by atoms with Crippen LogP contribution in [0.5, 0.6) is 46.0 Å². The zero-order valence-corrected chi connectivity index (χ0v) is 42.2. The molecule has 0 fully saturated rings. The molecule has 0 aliphatic heterocycles. The quantitative estimate of drug-likeness (QED) is 0.0904. The molecule has 4 aromatic rings. The predicted molar refractivity (Wildman–Crippen MR) is 220 cm³/mol. The van der Waals surface area contributed by atoms with E-state index in [1.165, 1.54) is 47.3 Å². The molecule has 4 rings (SSSR count). The minimum absolute atomic E-state index is 0.0764. The van der Waals surface area contributed by atoms with Gasteiger partial charge in [-0.3, -0.25) is 0 Å². The molecule has 4 aromatic carbocycles. The summed E-state index contributed by atoms with van der Waals surface area (Å²) >= 11 is 4.49. The number of hydrogen-bond donors (Lipinski definition) is 4. The summed E-state index contributed by atoms with van der Waals surface area (Å²) in [6.07, 6.45) is 0. The number of hydrogen-bond acceptors (Lipinski definition) is 14. The van der Waals surface area contributed by atoms with Crippen molar-refractivity contribution in [1.82, 2.24) is 0 Å². The Kier molecular flexibility index (Phi) is 27.3. The van der Waals surface area contributed by atoms with Gasteiger partial charge in [-0.15, -0.1) is 0 Å². The number of methoxy groups -OCH3 is 6. The molecule has 0 radical (unpaired) electrons. The molecule has 14 nitrogen and oxygen atoms in total. The summed E-state index contributed by atoms with van der Waals surface area (Å²) in [5, 5.41) is 35.4. The fourth-order valence-corrected chi connectivity index (χ4v) is 6.46. The van der Waals surface area contributed by atoms with Gasteiger partial charge < -0.3 is 48.7 Å². The van der Waals surface area contributed by atoms with Gasteiger partial charge in [-0.2, -0.15) is 0 Å². The van der Waals surface area contributed by atoms with E-state index < -0.39 is 32.6 Å². The standard InChI is InChI=1S/C8H10BIO4.C8H8I2O2.C8H10O2.C6H6O2.2C2H4O2.Hg/c1-13-7-3-5(9(11)12)6(10)4-8(7)14-2;1-11-7-3-5(9)6(10)4-8(7)12-2;1-9-7-5-3-4-6-8(7)10-2;7-5-3-1-2-4-6(5)8;2*1-2(3)4;/h3-4,11-12H,1-2H3;3-4H,1-2H3;3-6H,1-2H3;1-4,7-8H;2*1H3,(H,3,4);/q;;;;;;+2/p-2. The van der Waals surface area contributed by atoms with Crippen LogP contribution < -0.4 is 33.9 Å². The van der Waals surface area contributed by atoms with E-state index in [0.717, 1.165) is 26.6 Å². The summed E-state index contributed by atoms with van der Waals surface area (Å²) in [4.78, 5) is 20.1. The summed E-state index contributed by atoms with van der Waals surface area (Å²) in [5.41, 5.74) is 0.406. The Morgan fingerprint density at radius 2 is 0.830 bits per heavy atom. The second kappa shape index (κ2) is 28.7. The molecule has 0 amide bonds. The van der Waals surface area contributed by atoms with Crippen LogP contribution in [0.15, 0.2) is 72.8 Å². The summed E-state index contributed by atoms with van der Waals surface area (Å²) in [6, 6.07) is 20.8. The molecule has 0 bridgehead atoms. The molecule has 4 N–H and O–H groups in total. The van der Waals surface area contributed by atoms with Gasteiger partial charge in [0.15, 0.2) is 46.0 Å². The molecule has 0 spiro atoms. The number of ether oxygens (including phenoxy) is 6. The van der Waals surface area contributed by atoms with Gasteiger partial charge in [-0.05, 0) is 122 Å².